The standard InChI is InChI=1S/C15H16ClNO3/c1-10(9-19-2)17-15(18)14-8-7-13(20-14)11-5-3-4-6-12(11)16/h3-8,10H,9H2,1-2H3,(H,17,18). The number of amides is 1. The van der Waals surface area contributed by atoms with Crippen molar-refractivity contribution >= 4 is 17.5 Å². The van der Waals surface area contributed by atoms with Crippen LogP contribution in [-0.4, -0.2) is 25.7 Å². The highest BCUT2D eigenvalue weighted by Crippen LogP contribution is 2.28. The number of nitrogens with one attached hydrogen (secondary N) is 1. The molecule has 1 aromatic carbocycles. The zero-order valence-electron chi connectivity index (χ0n) is 11.4. The number of carbonyl (C=O) groups excluding carboxylic acids is 1. The topological polar surface area (TPSA) is 51.5 Å². The first-order valence-corrected chi connectivity index (χ1v) is 6.64. The summed E-state index contributed by atoms with van der Waals surface area (Å²) in [5.74, 6) is 0.552. The minimum atomic E-state index is -0.271. The molecule has 0 radical (unpaired) electrons. The van der Waals surface area contributed by atoms with Crippen LogP contribution in [0.25, 0.3) is 11.3 Å². The molecule has 0 fully saturated rings. The number of ether oxygens (including phenoxy) is 1. The second-order valence-electron chi connectivity index (χ2n) is 4.47. The normalized spacial score (nSPS) is 12.2. The number of methoxy groups -OCH3 is 1. The maximum Gasteiger partial charge on any atom is 0.287 e. The van der Waals surface area contributed by atoms with Crippen LogP contribution >= 0.6 is 11.6 Å². The Morgan fingerprint density at radius 1 is 1.35 bits per heavy atom. The highest BCUT2D eigenvalue weighted by atomic mass is 35.5. The minimum absolute atomic E-state index is 0.0821. The third-order valence-corrected chi connectivity index (χ3v) is 3.09. The van der Waals surface area contributed by atoms with Crippen LogP contribution in [-0.2, 0) is 4.74 Å². The molecule has 0 bridgehead atoms. The van der Waals surface area contributed by atoms with Crippen molar-refractivity contribution in [2.45, 2.75) is 13.0 Å². The van der Waals surface area contributed by atoms with E-state index in [9.17, 15) is 4.79 Å². The molecule has 0 saturated heterocycles. The Labute approximate surface area is 122 Å². The van der Waals surface area contributed by atoms with Gasteiger partial charge >= 0.3 is 0 Å². The van der Waals surface area contributed by atoms with Crippen molar-refractivity contribution in [2.24, 2.45) is 0 Å². The highest BCUT2D eigenvalue weighted by Gasteiger charge is 2.15. The first kappa shape index (κ1) is 14.6. The van der Waals surface area contributed by atoms with Gasteiger partial charge in [-0.3, -0.25) is 4.79 Å². The monoisotopic (exact) mass is 293 g/mol. The third-order valence-electron chi connectivity index (χ3n) is 2.76. The van der Waals surface area contributed by atoms with Gasteiger partial charge in [0.25, 0.3) is 5.91 Å². The Morgan fingerprint density at radius 2 is 2.10 bits per heavy atom. The third kappa shape index (κ3) is 3.40. The lowest BCUT2D eigenvalue weighted by Gasteiger charge is -2.11. The predicted molar refractivity (Wildman–Crippen MR) is 78.0 cm³/mol. The van der Waals surface area contributed by atoms with E-state index in [-0.39, 0.29) is 17.7 Å². The van der Waals surface area contributed by atoms with Crippen LogP contribution in [0, 0.1) is 0 Å². The quantitative estimate of drug-likeness (QED) is 0.919. The largest absolute Gasteiger partial charge is 0.451 e. The Balaban J connectivity index is 2.13. The summed E-state index contributed by atoms with van der Waals surface area (Å²) >= 11 is 6.10. The van der Waals surface area contributed by atoms with E-state index in [1.807, 2.05) is 25.1 Å². The van der Waals surface area contributed by atoms with Gasteiger partial charge in [0.1, 0.15) is 5.76 Å². The smallest absolute Gasteiger partial charge is 0.287 e. The first-order valence-electron chi connectivity index (χ1n) is 6.26. The van der Waals surface area contributed by atoms with E-state index in [0.717, 1.165) is 5.56 Å². The number of hydrogen-bond donors (Lipinski definition) is 1. The Hall–Kier alpha value is -1.78. The molecule has 1 atom stereocenters. The molecule has 1 amide bonds. The van der Waals surface area contributed by atoms with Gasteiger partial charge in [0.05, 0.1) is 11.6 Å². The van der Waals surface area contributed by atoms with Crippen LogP contribution in [0.5, 0.6) is 0 Å². The van der Waals surface area contributed by atoms with E-state index in [0.29, 0.717) is 17.4 Å². The SMILES string of the molecule is COCC(C)NC(=O)c1ccc(-c2ccccc2Cl)o1. The van der Waals surface area contributed by atoms with Gasteiger partial charge in [0, 0.05) is 18.7 Å². The van der Waals surface area contributed by atoms with Crippen molar-refractivity contribution in [1.29, 1.82) is 0 Å². The summed E-state index contributed by atoms with van der Waals surface area (Å²) in [5, 5.41) is 3.37. The van der Waals surface area contributed by atoms with E-state index >= 15 is 0 Å². The maximum absolute atomic E-state index is 12.0. The fourth-order valence-corrected chi connectivity index (χ4v) is 2.08. The number of carbonyl (C=O) groups is 1. The predicted octanol–water partition coefficient (Wildman–Crippen LogP) is 3.36. The molecule has 0 aliphatic carbocycles. The number of halogens is 1. The average molecular weight is 294 g/mol. The number of rotatable bonds is 5. The Bertz CT molecular complexity index is 594. The molecule has 0 spiro atoms. The molecule has 0 aliphatic rings. The second kappa shape index (κ2) is 6.59. The summed E-state index contributed by atoms with van der Waals surface area (Å²) in [6.45, 7) is 2.31. The van der Waals surface area contributed by atoms with Crippen LogP contribution in [0.15, 0.2) is 40.8 Å². The molecule has 106 valence electrons. The second-order valence-corrected chi connectivity index (χ2v) is 4.88. The number of hydrogen-bond acceptors (Lipinski definition) is 3. The van der Waals surface area contributed by atoms with Crippen LogP contribution in [0.2, 0.25) is 5.02 Å². The van der Waals surface area contributed by atoms with Crippen molar-refractivity contribution < 1.29 is 13.9 Å². The lowest BCUT2D eigenvalue weighted by atomic mass is 10.2. The lowest BCUT2D eigenvalue weighted by molar-refractivity contribution is 0.0879. The summed E-state index contributed by atoms with van der Waals surface area (Å²) in [7, 11) is 1.59. The molecule has 0 saturated carbocycles. The summed E-state index contributed by atoms with van der Waals surface area (Å²) in [4.78, 5) is 12.0. The lowest BCUT2D eigenvalue weighted by Crippen LogP contribution is -2.35. The molecular weight excluding hydrogens is 278 g/mol. The van der Waals surface area contributed by atoms with E-state index in [2.05, 4.69) is 5.32 Å². The van der Waals surface area contributed by atoms with Gasteiger partial charge in [-0.15, -0.1) is 0 Å². The average Bonchev–Trinajstić information content (AvgIpc) is 2.89. The molecule has 1 unspecified atom stereocenters. The molecular formula is C15H16ClNO3. The van der Waals surface area contributed by atoms with E-state index in [1.165, 1.54) is 0 Å². The first-order chi connectivity index (χ1) is 9.61. The van der Waals surface area contributed by atoms with Crippen LogP contribution in [0.1, 0.15) is 17.5 Å². The minimum Gasteiger partial charge on any atom is -0.451 e. The molecule has 20 heavy (non-hydrogen) atoms. The number of benzene rings is 1. The molecule has 5 heteroatoms. The summed E-state index contributed by atoms with van der Waals surface area (Å²) in [6.07, 6.45) is 0. The highest BCUT2D eigenvalue weighted by molar-refractivity contribution is 6.33. The van der Waals surface area contributed by atoms with Crippen molar-refractivity contribution in [3.8, 4) is 11.3 Å². The van der Waals surface area contributed by atoms with Gasteiger partial charge in [0.15, 0.2) is 5.76 Å². The van der Waals surface area contributed by atoms with Gasteiger partial charge < -0.3 is 14.5 Å². The molecule has 2 aromatic rings. The fourth-order valence-electron chi connectivity index (χ4n) is 1.85. The zero-order valence-corrected chi connectivity index (χ0v) is 12.1. The van der Waals surface area contributed by atoms with Crippen LogP contribution < -0.4 is 5.32 Å². The van der Waals surface area contributed by atoms with Gasteiger partial charge in [0.2, 0.25) is 0 Å². The molecule has 2 rings (SSSR count). The van der Waals surface area contributed by atoms with Gasteiger partial charge in [-0.2, -0.15) is 0 Å². The fraction of sp³-hybridized carbons (Fsp3) is 0.267. The van der Waals surface area contributed by atoms with Gasteiger partial charge in [-0.25, -0.2) is 0 Å². The van der Waals surface area contributed by atoms with Crippen molar-refractivity contribution in [3.63, 3.8) is 0 Å². The molecule has 4 nitrogen and oxygen atoms in total. The van der Waals surface area contributed by atoms with E-state index in [4.69, 9.17) is 20.8 Å². The summed E-state index contributed by atoms with van der Waals surface area (Å²) in [5.41, 5.74) is 0.762. The molecule has 1 N–H and O–H groups in total. The van der Waals surface area contributed by atoms with Gasteiger partial charge in [-0.05, 0) is 31.2 Å². The van der Waals surface area contributed by atoms with Crippen molar-refractivity contribution in [2.75, 3.05) is 13.7 Å². The number of furan rings is 1. The molecule has 1 aromatic heterocycles. The molecule has 0 aliphatic heterocycles. The maximum atomic E-state index is 12.0. The van der Waals surface area contributed by atoms with E-state index in [1.54, 1.807) is 25.3 Å². The van der Waals surface area contributed by atoms with Crippen molar-refractivity contribution in [1.82, 2.24) is 5.32 Å². The van der Waals surface area contributed by atoms with Crippen LogP contribution in [0.3, 0.4) is 0 Å². The Morgan fingerprint density at radius 3 is 2.80 bits per heavy atom. The summed E-state index contributed by atoms with van der Waals surface area (Å²) < 4.78 is 10.5. The van der Waals surface area contributed by atoms with Crippen LogP contribution in [0.4, 0.5) is 0 Å². The van der Waals surface area contributed by atoms with Gasteiger partial charge in [-0.1, -0.05) is 23.7 Å². The molecule has 1 heterocycles. The summed E-state index contributed by atoms with van der Waals surface area (Å²) in [6, 6.07) is 10.6. The van der Waals surface area contributed by atoms with E-state index < -0.39 is 0 Å². The zero-order chi connectivity index (χ0) is 14.5. The Kier molecular flexibility index (Phi) is 4.82. The van der Waals surface area contributed by atoms with Crippen molar-refractivity contribution in [3.05, 3.63) is 47.2 Å².